The van der Waals surface area contributed by atoms with Crippen LogP contribution in [0.2, 0.25) is 0 Å². The molecule has 1 aliphatic rings. The van der Waals surface area contributed by atoms with Gasteiger partial charge < -0.3 is 10.1 Å². The van der Waals surface area contributed by atoms with Crippen LogP contribution in [0.3, 0.4) is 0 Å². The molecule has 0 saturated carbocycles. The number of hydrogen-bond acceptors (Lipinski definition) is 3. The van der Waals surface area contributed by atoms with Crippen molar-refractivity contribution in [1.29, 1.82) is 0 Å². The van der Waals surface area contributed by atoms with E-state index in [2.05, 4.69) is 63.3 Å². The molecule has 3 heteroatoms. The second-order valence-corrected chi connectivity index (χ2v) is 6.63. The van der Waals surface area contributed by atoms with E-state index in [-0.39, 0.29) is 11.1 Å². The summed E-state index contributed by atoms with van der Waals surface area (Å²) in [4.78, 5) is 4.93. The molecule has 3 rings (SSSR count). The van der Waals surface area contributed by atoms with Crippen LogP contribution in [0.4, 0.5) is 0 Å². The van der Waals surface area contributed by atoms with Gasteiger partial charge >= 0.3 is 0 Å². The van der Waals surface area contributed by atoms with Crippen LogP contribution in [0.15, 0.2) is 41.4 Å². The zero-order valence-corrected chi connectivity index (χ0v) is 13.3. The maximum atomic E-state index is 5.58. The third kappa shape index (κ3) is 2.08. The molecule has 0 fully saturated rings. The van der Waals surface area contributed by atoms with Gasteiger partial charge in [0.05, 0.1) is 23.8 Å². The fraction of sp³-hybridized carbons (Fsp3) is 0.389. The van der Waals surface area contributed by atoms with Crippen LogP contribution in [0.25, 0.3) is 10.8 Å². The molecule has 0 amide bonds. The van der Waals surface area contributed by atoms with Crippen molar-refractivity contribution in [3.05, 3.63) is 42.0 Å². The molecule has 0 bridgehead atoms. The summed E-state index contributed by atoms with van der Waals surface area (Å²) in [7, 11) is 1.71. The number of nitrogens with one attached hydrogen (secondary N) is 1. The van der Waals surface area contributed by atoms with Crippen molar-refractivity contribution in [2.75, 3.05) is 7.11 Å². The maximum Gasteiger partial charge on any atom is 0.133 e. The number of rotatable bonds is 2. The van der Waals surface area contributed by atoms with Gasteiger partial charge in [-0.15, -0.1) is 0 Å². The third-order valence-electron chi connectivity index (χ3n) is 4.70. The smallest absolute Gasteiger partial charge is 0.133 e. The van der Waals surface area contributed by atoms with Crippen LogP contribution in [0, 0.1) is 0 Å². The lowest BCUT2D eigenvalue weighted by molar-refractivity contribution is 0.309. The Morgan fingerprint density at radius 3 is 2.33 bits per heavy atom. The molecule has 2 aromatic carbocycles. The molecule has 2 aromatic rings. The van der Waals surface area contributed by atoms with Crippen LogP contribution in [-0.4, -0.2) is 24.0 Å². The largest absolute Gasteiger partial charge is 0.496 e. The highest BCUT2D eigenvalue weighted by molar-refractivity contribution is 6.13. The zero-order valence-electron chi connectivity index (χ0n) is 13.3. The number of benzene rings is 2. The van der Waals surface area contributed by atoms with Crippen LogP contribution in [-0.2, 0) is 0 Å². The van der Waals surface area contributed by atoms with Gasteiger partial charge in [-0.1, -0.05) is 30.3 Å². The van der Waals surface area contributed by atoms with E-state index >= 15 is 0 Å². The SMILES string of the molecule is COc1ccc2ccccc2c1C1=NC(C)(C)C(C)(C)N1. The Morgan fingerprint density at radius 2 is 1.71 bits per heavy atom. The molecule has 110 valence electrons. The summed E-state index contributed by atoms with van der Waals surface area (Å²) in [6, 6.07) is 12.4. The molecule has 21 heavy (non-hydrogen) atoms. The van der Waals surface area contributed by atoms with Crippen LogP contribution < -0.4 is 10.1 Å². The van der Waals surface area contributed by atoms with Crippen molar-refractivity contribution >= 4 is 16.6 Å². The monoisotopic (exact) mass is 282 g/mol. The minimum atomic E-state index is -0.162. The molecule has 0 radical (unpaired) electrons. The van der Waals surface area contributed by atoms with E-state index in [1.807, 2.05) is 6.07 Å². The summed E-state index contributed by atoms with van der Waals surface area (Å²) in [5, 5.41) is 5.93. The molecule has 1 heterocycles. The van der Waals surface area contributed by atoms with Crippen molar-refractivity contribution in [2.45, 2.75) is 38.8 Å². The number of aliphatic imine (C=N–C) groups is 1. The van der Waals surface area contributed by atoms with Gasteiger partial charge in [0.25, 0.3) is 0 Å². The van der Waals surface area contributed by atoms with Crippen LogP contribution >= 0.6 is 0 Å². The quantitative estimate of drug-likeness (QED) is 0.910. The summed E-state index contributed by atoms with van der Waals surface area (Å²) < 4.78 is 5.58. The summed E-state index contributed by atoms with van der Waals surface area (Å²) in [6.07, 6.45) is 0. The average Bonchev–Trinajstić information content (AvgIpc) is 2.65. The maximum absolute atomic E-state index is 5.58. The molecule has 1 N–H and O–H groups in total. The van der Waals surface area contributed by atoms with Gasteiger partial charge in [0.1, 0.15) is 11.6 Å². The predicted octanol–water partition coefficient (Wildman–Crippen LogP) is 3.76. The molecule has 0 atom stereocenters. The first-order chi connectivity index (χ1) is 9.86. The highest BCUT2D eigenvalue weighted by atomic mass is 16.5. The highest BCUT2D eigenvalue weighted by Crippen LogP contribution is 2.36. The normalized spacial score (nSPS) is 19.2. The number of fused-ring (bicyclic) bond motifs is 1. The molecule has 0 aromatic heterocycles. The van der Waals surface area contributed by atoms with Gasteiger partial charge in [-0.25, -0.2) is 0 Å². The molecule has 0 saturated heterocycles. The van der Waals surface area contributed by atoms with E-state index in [1.54, 1.807) is 7.11 Å². The van der Waals surface area contributed by atoms with Crippen molar-refractivity contribution in [3.8, 4) is 5.75 Å². The topological polar surface area (TPSA) is 33.6 Å². The second-order valence-electron chi connectivity index (χ2n) is 6.63. The minimum Gasteiger partial charge on any atom is -0.496 e. The Labute approximate surface area is 126 Å². The van der Waals surface area contributed by atoms with Gasteiger partial charge in [0.2, 0.25) is 0 Å². The fourth-order valence-corrected chi connectivity index (χ4v) is 2.68. The Morgan fingerprint density at radius 1 is 1.00 bits per heavy atom. The molecule has 0 spiro atoms. The molecule has 0 aliphatic carbocycles. The molecule has 1 aliphatic heterocycles. The van der Waals surface area contributed by atoms with Gasteiger partial charge in [-0.2, -0.15) is 0 Å². The van der Waals surface area contributed by atoms with Gasteiger partial charge in [-0.05, 0) is 44.5 Å². The Bertz CT molecular complexity index is 729. The number of ether oxygens (including phenoxy) is 1. The van der Waals surface area contributed by atoms with E-state index in [4.69, 9.17) is 9.73 Å². The third-order valence-corrected chi connectivity index (χ3v) is 4.70. The predicted molar refractivity (Wildman–Crippen MR) is 88.3 cm³/mol. The lowest BCUT2D eigenvalue weighted by atomic mass is 9.85. The first-order valence-electron chi connectivity index (χ1n) is 7.30. The number of methoxy groups -OCH3 is 1. The Kier molecular flexibility index (Phi) is 2.97. The fourth-order valence-electron chi connectivity index (χ4n) is 2.68. The highest BCUT2D eigenvalue weighted by Gasteiger charge is 2.43. The van der Waals surface area contributed by atoms with Gasteiger partial charge in [0.15, 0.2) is 0 Å². The zero-order chi connectivity index (χ0) is 15.3. The number of nitrogens with zero attached hydrogens (tertiary/aromatic N) is 1. The standard InChI is InChI=1S/C18H22N2O/c1-17(2)18(3,4)20-16(19-17)15-13-9-7-6-8-12(13)10-11-14(15)21-5/h6-11H,1-5H3,(H,19,20). The molecular weight excluding hydrogens is 260 g/mol. The molecule has 3 nitrogen and oxygen atoms in total. The second kappa shape index (κ2) is 4.48. The Hall–Kier alpha value is -2.03. The van der Waals surface area contributed by atoms with Gasteiger partial charge in [0, 0.05) is 0 Å². The van der Waals surface area contributed by atoms with E-state index in [0.29, 0.717) is 0 Å². The number of amidine groups is 1. The molecule has 0 unspecified atom stereocenters. The lowest BCUT2D eigenvalue weighted by Gasteiger charge is -2.32. The summed E-state index contributed by atoms with van der Waals surface area (Å²) in [5.41, 5.74) is 0.795. The van der Waals surface area contributed by atoms with E-state index in [1.165, 1.54) is 5.39 Å². The first kappa shape index (κ1) is 13.9. The number of hydrogen-bond donors (Lipinski definition) is 1. The van der Waals surface area contributed by atoms with Crippen molar-refractivity contribution in [2.24, 2.45) is 4.99 Å². The van der Waals surface area contributed by atoms with E-state index < -0.39 is 0 Å². The average molecular weight is 282 g/mol. The lowest BCUT2D eigenvalue weighted by Crippen LogP contribution is -2.50. The first-order valence-corrected chi connectivity index (χ1v) is 7.30. The van der Waals surface area contributed by atoms with Crippen molar-refractivity contribution < 1.29 is 4.74 Å². The minimum absolute atomic E-state index is 0.0930. The van der Waals surface area contributed by atoms with E-state index in [9.17, 15) is 0 Å². The van der Waals surface area contributed by atoms with Crippen molar-refractivity contribution in [3.63, 3.8) is 0 Å². The van der Waals surface area contributed by atoms with Crippen LogP contribution in [0.5, 0.6) is 5.75 Å². The molecular formula is C18H22N2O. The van der Waals surface area contributed by atoms with Crippen LogP contribution in [0.1, 0.15) is 33.3 Å². The summed E-state index contributed by atoms with van der Waals surface area (Å²) >= 11 is 0. The van der Waals surface area contributed by atoms with Gasteiger partial charge in [-0.3, -0.25) is 4.99 Å². The Balaban J connectivity index is 2.26. The summed E-state index contributed by atoms with van der Waals surface area (Å²) in [6.45, 7) is 8.68. The van der Waals surface area contributed by atoms with Crippen molar-refractivity contribution in [1.82, 2.24) is 5.32 Å². The van der Waals surface area contributed by atoms with E-state index in [0.717, 1.165) is 22.5 Å². The summed E-state index contributed by atoms with van der Waals surface area (Å²) in [5.74, 6) is 1.77.